The predicted octanol–water partition coefficient (Wildman–Crippen LogP) is 4.52. The van der Waals surface area contributed by atoms with Crippen molar-refractivity contribution in [3.8, 4) is 0 Å². The summed E-state index contributed by atoms with van der Waals surface area (Å²) in [5, 5.41) is 1.33. The second-order valence-electron chi connectivity index (χ2n) is 9.83. The van der Waals surface area contributed by atoms with Crippen LogP contribution in [0.3, 0.4) is 0 Å². The zero-order valence-electron chi connectivity index (χ0n) is 18.1. The van der Waals surface area contributed by atoms with Gasteiger partial charge < -0.3 is 23.2 Å². The van der Waals surface area contributed by atoms with Crippen LogP contribution >= 0.6 is 11.6 Å². The highest BCUT2D eigenvalue weighted by molar-refractivity contribution is 6.74. The molecule has 2 aliphatic heterocycles. The minimum absolute atomic E-state index is 0.126. The summed E-state index contributed by atoms with van der Waals surface area (Å²) in [7, 11) is -1.91. The molecule has 9 heteroatoms. The van der Waals surface area contributed by atoms with Gasteiger partial charge in [-0.3, -0.25) is 0 Å². The first-order valence-electron chi connectivity index (χ1n) is 10.0. The van der Waals surface area contributed by atoms with Crippen LogP contribution in [0.15, 0.2) is 18.6 Å². The molecular weight excluding hydrogens is 410 g/mol. The van der Waals surface area contributed by atoms with Crippen molar-refractivity contribution in [2.24, 2.45) is 0 Å². The lowest BCUT2D eigenvalue weighted by Crippen LogP contribution is -2.44. The summed E-state index contributed by atoms with van der Waals surface area (Å²) < 4.78 is 27.3. The normalized spacial score (nSPS) is 29.5. The van der Waals surface area contributed by atoms with Crippen LogP contribution in [0.5, 0.6) is 0 Å². The van der Waals surface area contributed by atoms with E-state index in [0.717, 1.165) is 5.39 Å². The molecule has 0 bridgehead atoms. The van der Waals surface area contributed by atoms with Gasteiger partial charge in [0.15, 0.2) is 20.3 Å². The molecule has 4 rings (SSSR count). The smallest absolute Gasteiger partial charge is 0.192 e. The van der Waals surface area contributed by atoms with E-state index in [1.54, 1.807) is 0 Å². The Balaban J connectivity index is 1.62. The molecule has 7 nitrogen and oxygen atoms in total. The van der Waals surface area contributed by atoms with E-state index in [9.17, 15) is 0 Å². The van der Waals surface area contributed by atoms with Gasteiger partial charge in [0.05, 0.1) is 12.0 Å². The van der Waals surface area contributed by atoms with Crippen LogP contribution in [0.25, 0.3) is 11.0 Å². The molecule has 0 unspecified atom stereocenters. The van der Waals surface area contributed by atoms with Gasteiger partial charge in [-0.1, -0.05) is 32.4 Å². The van der Waals surface area contributed by atoms with Crippen LogP contribution in [0, 0.1) is 0 Å². The van der Waals surface area contributed by atoms with E-state index in [4.69, 9.17) is 30.2 Å². The molecule has 4 heterocycles. The summed E-state index contributed by atoms with van der Waals surface area (Å²) in [5.41, 5.74) is 0.716. The molecule has 0 spiro atoms. The van der Waals surface area contributed by atoms with Crippen molar-refractivity contribution in [3.05, 3.63) is 23.7 Å². The minimum Gasteiger partial charge on any atom is -0.414 e. The Bertz CT molecular complexity index is 911. The maximum absolute atomic E-state index is 6.45. The third-order valence-electron chi connectivity index (χ3n) is 6.27. The second kappa shape index (κ2) is 7.00. The molecule has 2 aromatic rings. The summed E-state index contributed by atoms with van der Waals surface area (Å²) in [4.78, 5) is 8.47. The fraction of sp³-hybridized carbons (Fsp3) is 0.700. The molecule has 4 atom stereocenters. The van der Waals surface area contributed by atoms with Gasteiger partial charge in [0.25, 0.3) is 0 Å². The van der Waals surface area contributed by atoms with Gasteiger partial charge in [0.1, 0.15) is 35.4 Å². The first kappa shape index (κ1) is 21.2. The van der Waals surface area contributed by atoms with E-state index in [1.165, 1.54) is 6.33 Å². The van der Waals surface area contributed by atoms with E-state index in [0.29, 0.717) is 17.4 Å². The highest BCUT2D eigenvalue weighted by Gasteiger charge is 2.56. The molecule has 0 amide bonds. The van der Waals surface area contributed by atoms with Crippen molar-refractivity contribution in [1.29, 1.82) is 0 Å². The SMILES string of the molecule is CC1(C)O[C@@H]2[C@H](O1)[C@@H](CO[Si](C)(C)C(C)(C)C)O[C@H]2n1ccc2c(Cl)ncnc21. The monoisotopic (exact) mass is 439 g/mol. The standard InChI is InChI=1S/C20H30ClN3O4Si/c1-19(2,3)29(6,7)25-10-13-14-15(28-20(4,5)27-14)18(26-13)24-9-8-12-16(21)22-11-23-17(12)24/h8-9,11,13-15,18H,10H2,1-7H3/t13-,14-,15-,18-/m1/s1. The average Bonchev–Trinajstić information content (AvgIpc) is 3.24. The van der Waals surface area contributed by atoms with Crippen LogP contribution in [0.1, 0.15) is 40.8 Å². The van der Waals surface area contributed by atoms with Crippen LogP contribution < -0.4 is 0 Å². The van der Waals surface area contributed by atoms with Crippen molar-refractivity contribution >= 4 is 31.0 Å². The van der Waals surface area contributed by atoms with Crippen molar-refractivity contribution in [3.63, 3.8) is 0 Å². The van der Waals surface area contributed by atoms with Crippen molar-refractivity contribution in [2.75, 3.05) is 6.61 Å². The lowest BCUT2D eigenvalue weighted by atomic mass is 10.1. The van der Waals surface area contributed by atoms with Crippen LogP contribution in [-0.2, 0) is 18.6 Å². The number of ether oxygens (including phenoxy) is 3. The number of aromatic nitrogens is 3. The summed E-state index contributed by atoms with van der Waals surface area (Å²) >= 11 is 6.23. The van der Waals surface area contributed by atoms with Gasteiger partial charge in [0, 0.05) is 6.20 Å². The fourth-order valence-corrected chi connectivity index (χ4v) is 4.87. The van der Waals surface area contributed by atoms with Gasteiger partial charge in [-0.15, -0.1) is 0 Å². The van der Waals surface area contributed by atoms with Crippen LogP contribution in [0.4, 0.5) is 0 Å². The number of halogens is 1. The average molecular weight is 440 g/mol. The number of hydrogen-bond acceptors (Lipinski definition) is 6. The zero-order valence-corrected chi connectivity index (χ0v) is 19.9. The largest absolute Gasteiger partial charge is 0.414 e. The maximum Gasteiger partial charge on any atom is 0.192 e. The van der Waals surface area contributed by atoms with Crippen molar-refractivity contribution in [2.45, 2.75) is 83.1 Å². The number of hydrogen-bond donors (Lipinski definition) is 0. The Morgan fingerprint density at radius 3 is 2.59 bits per heavy atom. The highest BCUT2D eigenvalue weighted by Crippen LogP contribution is 2.45. The molecule has 160 valence electrons. The molecule has 0 aromatic carbocycles. The Labute approximate surface area is 177 Å². The number of rotatable bonds is 4. The third kappa shape index (κ3) is 3.75. The molecule has 0 saturated carbocycles. The summed E-state index contributed by atoms with van der Waals surface area (Å²) in [6.07, 6.45) is 2.30. The first-order chi connectivity index (χ1) is 13.4. The molecule has 0 N–H and O–H groups in total. The molecule has 29 heavy (non-hydrogen) atoms. The van der Waals surface area contributed by atoms with E-state index < -0.39 is 14.1 Å². The van der Waals surface area contributed by atoms with E-state index in [2.05, 4.69) is 43.8 Å². The Kier molecular flexibility index (Phi) is 5.12. The fourth-order valence-electron chi connectivity index (χ4n) is 3.67. The van der Waals surface area contributed by atoms with Crippen LogP contribution in [-0.4, -0.2) is 53.6 Å². The predicted molar refractivity (Wildman–Crippen MR) is 113 cm³/mol. The molecule has 2 fully saturated rings. The number of nitrogens with zero attached hydrogens (tertiary/aromatic N) is 3. The zero-order chi connectivity index (χ0) is 21.2. The second-order valence-corrected chi connectivity index (χ2v) is 15.0. The van der Waals surface area contributed by atoms with Gasteiger partial charge in [0.2, 0.25) is 0 Å². The molecule has 0 radical (unpaired) electrons. The lowest BCUT2D eigenvalue weighted by molar-refractivity contribution is -0.199. The molecular formula is C20H30ClN3O4Si. The Morgan fingerprint density at radius 2 is 1.90 bits per heavy atom. The van der Waals surface area contributed by atoms with E-state index >= 15 is 0 Å². The lowest BCUT2D eigenvalue weighted by Gasteiger charge is -2.37. The molecule has 2 saturated heterocycles. The van der Waals surface area contributed by atoms with Gasteiger partial charge >= 0.3 is 0 Å². The van der Waals surface area contributed by atoms with Gasteiger partial charge in [-0.05, 0) is 38.0 Å². The summed E-state index contributed by atoms with van der Waals surface area (Å²) in [6, 6.07) is 1.90. The highest BCUT2D eigenvalue weighted by atomic mass is 35.5. The van der Waals surface area contributed by atoms with E-state index in [-0.39, 0.29) is 29.6 Å². The molecule has 0 aliphatic carbocycles. The Hall–Kier alpha value is -1.03. The first-order valence-corrected chi connectivity index (χ1v) is 13.3. The Morgan fingerprint density at radius 1 is 1.21 bits per heavy atom. The minimum atomic E-state index is -1.91. The van der Waals surface area contributed by atoms with Gasteiger partial charge in [-0.25, -0.2) is 9.97 Å². The van der Waals surface area contributed by atoms with Crippen molar-refractivity contribution in [1.82, 2.24) is 14.5 Å². The van der Waals surface area contributed by atoms with Crippen LogP contribution in [0.2, 0.25) is 23.3 Å². The topological polar surface area (TPSA) is 67.6 Å². The van der Waals surface area contributed by atoms with Gasteiger partial charge in [-0.2, -0.15) is 0 Å². The number of fused-ring (bicyclic) bond motifs is 2. The summed E-state index contributed by atoms with van der Waals surface area (Å²) in [6.45, 7) is 15.5. The molecule has 2 aliphatic rings. The molecule has 2 aromatic heterocycles. The summed E-state index contributed by atoms with van der Waals surface area (Å²) in [5.74, 6) is -0.678. The van der Waals surface area contributed by atoms with Crippen molar-refractivity contribution < 1.29 is 18.6 Å². The maximum atomic E-state index is 6.45. The quantitative estimate of drug-likeness (QED) is 0.515. The van der Waals surface area contributed by atoms with E-state index in [1.807, 2.05) is 30.7 Å². The third-order valence-corrected chi connectivity index (χ3v) is 11.1.